The Morgan fingerprint density at radius 3 is 2.51 bits per heavy atom. The highest BCUT2D eigenvalue weighted by molar-refractivity contribution is 7.91. The average molecular weight is 854 g/mol. The van der Waals surface area contributed by atoms with Crippen LogP contribution in [0.5, 0.6) is 11.5 Å². The predicted molar refractivity (Wildman–Crippen MR) is 225 cm³/mol. The average Bonchev–Trinajstić information content (AvgIpc) is 4.07. The number of methoxy groups -OCH3 is 1. The summed E-state index contributed by atoms with van der Waals surface area (Å²) in [5.74, 6) is -1.37. The van der Waals surface area contributed by atoms with Gasteiger partial charge in [-0.2, -0.15) is 0 Å². The minimum absolute atomic E-state index is 0.0218. The summed E-state index contributed by atoms with van der Waals surface area (Å²) in [5.41, 5.74) is 1.40. The van der Waals surface area contributed by atoms with Gasteiger partial charge in [0.1, 0.15) is 46.7 Å². The molecule has 0 spiro atoms. The minimum Gasteiger partial charge on any atom is -0.497 e. The Labute approximate surface area is 354 Å². The van der Waals surface area contributed by atoms with Gasteiger partial charge in [0.2, 0.25) is 21.8 Å². The van der Waals surface area contributed by atoms with E-state index in [4.69, 9.17) is 23.6 Å². The minimum atomic E-state index is -3.92. The number of sulfonamides is 1. The monoisotopic (exact) mass is 853 g/mol. The summed E-state index contributed by atoms with van der Waals surface area (Å²) < 4.78 is 52.5. The maximum atomic E-state index is 14.8. The molecule has 4 amide bonds. The number of carbonyl (C=O) groups excluding carboxylic acids is 4. The van der Waals surface area contributed by atoms with Crippen LogP contribution < -0.4 is 24.8 Å². The number of hydrogen-bond acceptors (Lipinski definition) is 11. The molecule has 4 fully saturated rings. The highest BCUT2D eigenvalue weighted by Gasteiger charge is 2.62. The first-order chi connectivity index (χ1) is 29.5. The summed E-state index contributed by atoms with van der Waals surface area (Å²) in [6.45, 7) is -0.0378. The molecule has 0 unspecified atom stereocenters. The van der Waals surface area contributed by atoms with E-state index in [1.807, 2.05) is 48.6 Å². The van der Waals surface area contributed by atoms with Crippen LogP contribution in [-0.2, 0) is 29.1 Å². The van der Waals surface area contributed by atoms with Gasteiger partial charge in [0, 0.05) is 24.0 Å². The molecule has 16 heteroatoms. The lowest BCUT2D eigenvalue weighted by molar-refractivity contribution is -0.141. The Morgan fingerprint density at radius 2 is 1.74 bits per heavy atom. The van der Waals surface area contributed by atoms with Crippen LogP contribution in [0.25, 0.3) is 33.3 Å². The molecule has 2 aromatic carbocycles. The van der Waals surface area contributed by atoms with Gasteiger partial charge in [-0.05, 0) is 82.4 Å². The fourth-order valence-corrected chi connectivity index (χ4v) is 10.4. The van der Waals surface area contributed by atoms with E-state index in [9.17, 15) is 27.6 Å². The van der Waals surface area contributed by atoms with Crippen LogP contribution in [0.4, 0.5) is 4.79 Å². The van der Waals surface area contributed by atoms with Gasteiger partial charge in [-0.1, -0.05) is 55.3 Å². The largest absolute Gasteiger partial charge is 0.497 e. The summed E-state index contributed by atoms with van der Waals surface area (Å²) in [7, 11) is -2.33. The maximum Gasteiger partial charge on any atom is 0.408 e. The number of alkyl carbamates (subject to hydrolysis) is 1. The molecule has 322 valence electrons. The quantitative estimate of drug-likeness (QED) is 0.166. The standard InChI is InChI=1S/C45H51N5O10S/c1-57-30-18-21-37-33(22-30)39-40(60-37)38(24-35(46-39)27-12-6-5-7-13-27)58-31-23-36-41(51)48-45(43(53)49-61(55,56)32-19-20-32)25-28(45)14-8-3-2-4-9-17-34(42(52)50(36)26-31)47-44(54)59-29-15-10-11-16-29/h5-8,12-14,18,21-22,24,28-29,31-32,34,36H,2-4,9-11,15-17,19-20,23,25-26H2,1H3,(H,47,54)(H,48,51)(H,49,53)/b14-8-/t28-,31-,34+,36+,45-/m1/s1. The summed E-state index contributed by atoms with van der Waals surface area (Å²) >= 11 is 0. The lowest BCUT2D eigenvalue weighted by atomic mass is 10.0. The molecule has 4 heterocycles. The topological polar surface area (TPSA) is 195 Å². The van der Waals surface area contributed by atoms with Crippen molar-refractivity contribution in [2.24, 2.45) is 5.92 Å². The first-order valence-electron chi connectivity index (χ1n) is 21.5. The molecule has 1 saturated heterocycles. The number of allylic oxidation sites excluding steroid dienone is 1. The van der Waals surface area contributed by atoms with E-state index in [1.54, 1.807) is 25.3 Å². The first-order valence-corrected chi connectivity index (χ1v) is 23.0. The summed E-state index contributed by atoms with van der Waals surface area (Å²) in [5, 5.41) is 5.83. The zero-order valence-electron chi connectivity index (χ0n) is 34.1. The van der Waals surface area contributed by atoms with Crippen LogP contribution in [0.1, 0.15) is 83.5 Å². The zero-order chi connectivity index (χ0) is 42.3. The number of nitrogens with zero attached hydrogens (tertiary/aromatic N) is 2. The van der Waals surface area contributed by atoms with E-state index in [0.717, 1.165) is 44.1 Å². The highest BCUT2D eigenvalue weighted by Crippen LogP contribution is 2.46. The Hall–Kier alpha value is -5.64. The van der Waals surface area contributed by atoms with Crippen molar-refractivity contribution in [2.75, 3.05) is 13.7 Å². The van der Waals surface area contributed by atoms with Crippen molar-refractivity contribution in [1.82, 2.24) is 25.2 Å². The number of ether oxygens (including phenoxy) is 3. The second-order valence-electron chi connectivity index (χ2n) is 17.0. The van der Waals surface area contributed by atoms with Gasteiger partial charge in [-0.15, -0.1) is 0 Å². The van der Waals surface area contributed by atoms with Crippen molar-refractivity contribution >= 4 is 55.9 Å². The van der Waals surface area contributed by atoms with Gasteiger partial charge in [0.25, 0.3) is 5.91 Å². The fraction of sp³-hybridized carbons (Fsp3) is 0.489. The molecule has 5 atom stereocenters. The van der Waals surface area contributed by atoms with Gasteiger partial charge >= 0.3 is 6.09 Å². The molecule has 2 aliphatic heterocycles. The van der Waals surface area contributed by atoms with Crippen molar-refractivity contribution < 1.29 is 46.2 Å². The fourth-order valence-electron chi connectivity index (χ4n) is 9.02. The van der Waals surface area contributed by atoms with Crippen LogP contribution in [0.2, 0.25) is 0 Å². The van der Waals surface area contributed by atoms with E-state index in [1.165, 1.54) is 4.90 Å². The van der Waals surface area contributed by atoms with Crippen molar-refractivity contribution in [3.63, 3.8) is 0 Å². The van der Waals surface area contributed by atoms with E-state index >= 15 is 0 Å². The van der Waals surface area contributed by atoms with E-state index < -0.39 is 68.7 Å². The molecule has 3 aliphatic carbocycles. The second-order valence-corrected chi connectivity index (χ2v) is 19.0. The van der Waals surface area contributed by atoms with Gasteiger partial charge < -0.3 is 34.2 Å². The number of carbonyl (C=O) groups is 4. The molecule has 3 saturated carbocycles. The molecule has 61 heavy (non-hydrogen) atoms. The lowest BCUT2D eigenvalue weighted by Gasteiger charge is -2.30. The number of nitrogens with one attached hydrogen (secondary N) is 3. The van der Waals surface area contributed by atoms with Crippen molar-refractivity contribution in [1.29, 1.82) is 0 Å². The van der Waals surface area contributed by atoms with Gasteiger partial charge in [-0.25, -0.2) is 18.2 Å². The van der Waals surface area contributed by atoms with E-state index in [2.05, 4.69) is 15.4 Å². The highest BCUT2D eigenvalue weighted by atomic mass is 32.2. The number of fused-ring (bicyclic) bond motifs is 5. The number of furan rings is 1. The Bertz CT molecular complexity index is 2480. The van der Waals surface area contributed by atoms with Crippen molar-refractivity contribution in [3.05, 3.63) is 66.7 Å². The third-order valence-electron chi connectivity index (χ3n) is 12.7. The number of rotatable bonds is 9. The van der Waals surface area contributed by atoms with Crippen LogP contribution >= 0.6 is 0 Å². The third kappa shape index (κ3) is 8.51. The summed E-state index contributed by atoms with van der Waals surface area (Å²) in [6, 6.07) is 14.7. The molecule has 5 aliphatic rings. The number of benzene rings is 2. The molecule has 2 aromatic heterocycles. The smallest absolute Gasteiger partial charge is 0.408 e. The zero-order valence-corrected chi connectivity index (χ0v) is 34.9. The normalized spacial score (nSPS) is 26.7. The number of hydrogen-bond donors (Lipinski definition) is 3. The number of amides is 4. The first kappa shape index (κ1) is 40.7. The van der Waals surface area contributed by atoms with Gasteiger partial charge in [0.05, 0.1) is 30.0 Å². The van der Waals surface area contributed by atoms with Gasteiger partial charge in [0.15, 0.2) is 11.3 Å². The SMILES string of the molecule is COc1ccc2oc3c(O[C@@H]4C[C@H]5C(=O)N[C@]6(C(=O)NS(=O)(=O)C7CC7)C[C@H]6/C=C\CCCCC[C@H](NC(=O)OC6CCCC6)C(=O)N5C4)cc(-c4ccccc4)nc3c2c1. The summed E-state index contributed by atoms with van der Waals surface area (Å²) in [6.07, 6.45) is 9.99. The summed E-state index contributed by atoms with van der Waals surface area (Å²) in [4.78, 5) is 63.0. The molecule has 15 nitrogen and oxygen atoms in total. The molecular formula is C45H51N5O10S. The molecular weight excluding hydrogens is 803 g/mol. The Morgan fingerprint density at radius 1 is 0.951 bits per heavy atom. The van der Waals surface area contributed by atoms with E-state index in [0.29, 0.717) is 71.4 Å². The third-order valence-corrected chi connectivity index (χ3v) is 14.5. The Balaban J connectivity index is 1.06. The lowest BCUT2D eigenvalue weighted by Crippen LogP contribution is -2.58. The van der Waals surface area contributed by atoms with Gasteiger partial charge in [-0.3, -0.25) is 19.1 Å². The van der Waals surface area contributed by atoms with Crippen LogP contribution in [0.3, 0.4) is 0 Å². The molecule has 4 aromatic rings. The molecule has 0 bridgehead atoms. The molecule has 3 N–H and O–H groups in total. The second kappa shape index (κ2) is 16.7. The number of pyridine rings is 1. The Kier molecular flexibility index (Phi) is 11.1. The molecule has 9 rings (SSSR count). The van der Waals surface area contributed by atoms with Crippen LogP contribution in [0.15, 0.2) is 71.2 Å². The van der Waals surface area contributed by atoms with E-state index in [-0.39, 0.29) is 25.5 Å². The van der Waals surface area contributed by atoms with Crippen LogP contribution in [0, 0.1) is 5.92 Å². The van der Waals surface area contributed by atoms with Crippen LogP contribution in [-0.4, -0.2) is 90.9 Å². The van der Waals surface area contributed by atoms with Crippen molar-refractivity contribution in [3.8, 4) is 22.8 Å². The maximum absolute atomic E-state index is 14.8. The number of aromatic nitrogens is 1. The van der Waals surface area contributed by atoms with Crippen molar-refractivity contribution in [2.45, 2.75) is 119 Å². The predicted octanol–water partition coefficient (Wildman–Crippen LogP) is 6.05. The molecule has 0 radical (unpaired) electrons.